The number of thiocarbonyl (C=S) groups is 1. The van der Waals surface area contributed by atoms with Crippen LogP contribution in [0.25, 0.3) is 0 Å². The standard InChI is InChI=1S/C24H34N4O3S/c29-21(30)17-28-22(31)20(15-18-7-3-1-4-8-18)26-24(28)11-13-27(14-12-24)23(32)25-16-19-9-5-2-6-10-19/h1,3-4,7-8,19-20,26H,2,5-6,9-17H2,(H,25,32)(H,29,30). The van der Waals surface area contributed by atoms with E-state index in [9.17, 15) is 14.7 Å². The third kappa shape index (κ3) is 5.23. The number of rotatable bonds is 6. The van der Waals surface area contributed by atoms with Crippen molar-refractivity contribution >= 4 is 29.2 Å². The molecule has 3 aliphatic rings. The summed E-state index contributed by atoms with van der Waals surface area (Å²) >= 11 is 5.66. The average molecular weight is 459 g/mol. The normalized spacial score (nSPS) is 23.5. The SMILES string of the molecule is O=C(O)CN1C(=O)C(Cc2ccccc2)NC12CCN(C(=S)NCC1CCCCC1)CC2. The highest BCUT2D eigenvalue weighted by Crippen LogP contribution is 2.33. The molecule has 0 radical (unpaired) electrons. The van der Waals surface area contributed by atoms with Gasteiger partial charge >= 0.3 is 5.97 Å². The number of piperidine rings is 1. The van der Waals surface area contributed by atoms with Crippen LogP contribution in [0.5, 0.6) is 0 Å². The number of nitrogens with one attached hydrogen (secondary N) is 2. The Bertz CT molecular complexity index is 820. The van der Waals surface area contributed by atoms with Crippen molar-refractivity contribution in [3.63, 3.8) is 0 Å². The number of nitrogens with zero attached hydrogens (tertiary/aromatic N) is 2. The van der Waals surface area contributed by atoms with Crippen molar-refractivity contribution in [3.05, 3.63) is 35.9 Å². The van der Waals surface area contributed by atoms with Gasteiger partial charge in [0.05, 0.1) is 11.7 Å². The number of hydrogen-bond acceptors (Lipinski definition) is 4. The van der Waals surface area contributed by atoms with Gasteiger partial charge in [0, 0.05) is 32.5 Å². The summed E-state index contributed by atoms with van der Waals surface area (Å²) in [6.07, 6.45) is 8.39. The molecule has 1 atom stereocenters. The highest BCUT2D eigenvalue weighted by molar-refractivity contribution is 7.80. The van der Waals surface area contributed by atoms with Crippen LogP contribution in [0.4, 0.5) is 0 Å². The molecule has 32 heavy (non-hydrogen) atoms. The maximum Gasteiger partial charge on any atom is 0.323 e. The fraction of sp³-hybridized carbons (Fsp3) is 0.625. The van der Waals surface area contributed by atoms with E-state index in [1.54, 1.807) is 4.90 Å². The minimum Gasteiger partial charge on any atom is -0.480 e. The topological polar surface area (TPSA) is 84.9 Å². The number of carbonyl (C=O) groups excluding carboxylic acids is 1. The highest BCUT2D eigenvalue weighted by Gasteiger charge is 2.52. The lowest BCUT2D eigenvalue weighted by atomic mass is 9.89. The summed E-state index contributed by atoms with van der Waals surface area (Å²) in [5, 5.41) is 17.2. The molecule has 2 heterocycles. The Morgan fingerprint density at radius 1 is 1.16 bits per heavy atom. The van der Waals surface area contributed by atoms with E-state index in [0.717, 1.165) is 17.2 Å². The minimum absolute atomic E-state index is 0.122. The van der Waals surface area contributed by atoms with Crippen LogP contribution < -0.4 is 10.6 Å². The average Bonchev–Trinajstić information content (AvgIpc) is 3.04. The van der Waals surface area contributed by atoms with Crippen molar-refractivity contribution in [1.82, 2.24) is 20.4 Å². The van der Waals surface area contributed by atoms with Gasteiger partial charge in [0.25, 0.3) is 0 Å². The van der Waals surface area contributed by atoms with Gasteiger partial charge in [0.1, 0.15) is 6.54 Å². The smallest absolute Gasteiger partial charge is 0.323 e. The number of carbonyl (C=O) groups is 2. The number of aliphatic carboxylic acids is 1. The van der Waals surface area contributed by atoms with E-state index in [4.69, 9.17) is 12.2 Å². The van der Waals surface area contributed by atoms with E-state index in [1.165, 1.54) is 32.1 Å². The van der Waals surface area contributed by atoms with Crippen molar-refractivity contribution < 1.29 is 14.7 Å². The lowest BCUT2D eigenvalue weighted by Gasteiger charge is -2.45. The van der Waals surface area contributed by atoms with Crippen LogP contribution in [0.3, 0.4) is 0 Å². The molecule has 0 aromatic heterocycles. The zero-order valence-corrected chi connectivity index (χ0v) is 19.4. The van der Waals surface area contributed by atoms with Crippen molar-refractivity contribution in [2.75, 3.05) is 26.2 Å². The van der Waals surface area contributed by atoms with Gasteiger partial charge in [-0.25, -0.2) is 0 Å². The predicted octanol–water partition coefficient (Wildman–Crippen LogP) is 2.36. The van der Waals surface area contributed by atoms with Crippen LogP contribution in [0.1, 0.15) is 50.5 Å². The summed E-state index contributed by atoms with van der Waals surface area (Å²) < 4.78 is 0. The van der Waals surface area contributed by atoms with Crippen molar-refractivity contribution in [2.45, 2.75) is 63.1 Å². The number of amides is 1. The maximum absolute atomic E-state index is 13.2. The van der Waals surface area contributed by atoms with Crippen LogP contribution in [-0.2, 0) is 16.0 Å². The summed E-state index contributed by atoms with van der Waals surface area (Å²) in [5.74, 6) is -0.397. The Morgan fingerprint density at radius 3 is 2.50 bits per heavy atom. The van der Waals surface area contributed by atoms with E-state index >= 15 is 0 Å². The molecule has 3 fully saturated rings. The van der Waals surface area contributed by atoms with Crippen LogP contribution in [0.15, 0.2) is 30.3 Å². The summed E-state index contributed by atoms with van der Waals surface area (Å²) in [4.78, 5) is 28.4. The maximum atomic E-state index is 13.2. The quantitative estimate of drug-likeness (QED) is 0.565. The van der Waals surface area contributed by atoms with E-state index in [1.807, 2.05) is 30.3 Å². The molecule has 7 nitrogen and oxygen atoms in total. The molecule has 174 valence electrons. The lowest BCUT2D eigenvalue weighted by molar-refractivity contribution is -0.147. The number of likely N-dealkylation sites (tertiary alicyclic amines) is 1. The van der Waals surface area contributed by atoms with E-state index in [0.29, 0.717) is 38.3 Å². The van der Waals surface area contributed by atoms with Gasteiger partial charge in [-0.05, 0) is 43.0 Å². The second kappa shape index (κ2) is 10.2. The molecule has 1 aromatic rings. The fourth-order valence-corrected chi connectivity index (χ4v) is 5.71. The summed E-state index contributed by atoms with van der Waals surface area (Å²) in [7, 11) is 0. The zero-order valence-electron chi connectivity index (χ0n) is 18.6. The van der Waals surface area contributed by atoms with Crippen molar-refractivity contribution in [1.29, 1.82) is 0 Å². The number of hydrogen-bond donors (Lipinski definition) is 3. The van der Waals surface area contributed by atoms with Crippen molar-refractivity contribution in [3.8, 4) is 0 Å². The van der Waals surface area contributed by atoms with E-state index < -0.39 is 17.7 Å². The molecule has 1 saturated carbocycles. The molecule has 8 heteroatoms. The van der Waals surface area contributed by atoms with Crippen LogP contribution in [0.2, 0.25) is 0 Å². The first-order chi connectivity index (χ1) is 15.5. The van der Waals surface area contributed by atoms with Crippen LogP contribution in [-0.4, -0.2) is 69.8 Å². The molecule has 4 rings (SSSR count). The van der Waals surface area contributed by atoms with Crippen LogP contribution in [0, 0.1) is 5.92 Å². The first-order valence-electron chi connectivity index (χ1n) is 11.8. The Morgan fingerprint density at radius 2 is 1.84 bits per heavy atom. The van der Waals surface area contributed by atoms with Gasteiger partial charge < -0.3 is 20.2 Å². The first kappa shape index (κ1) is 23.0. The second-order valence-corrected chi connectivity index (χ2v) is 9.80. The fourth-order valence-electron chi connectivity index (χ4n) is 5.44. The van der Waals surface area contributed by atoms with Gasteiger partial charge in [-0.2, -0.15) is 0 Å². The van der Waals surface area contributed by atoms with Gasteiger partial charge in [0.2, 0.25) is 5.91 Å². The van der Waals surface area contributed by atoms with E-state index in [-0.39, 0.29) is 12.5 Å². The molecule has 0 bridgehead atoms. The molecule has 1 spiro atoms. The van der Waals surface area contributed by atoms with Gasteiger partial charge in [-0.15, -0.1) is 0 Å². The molecule has 2 aliphatic heterocycles. The Balaban J connectivity index is 1.37. The minimum atomic E-state index is -0.980. The van der Waals surface area contributed by atoms with Crippen molar-refractivity contribution in [2.24, 2.45) is 5.92 Å². The highest BCUT2D eigenvalue weighted by atomic mass is 32.1. The monoisotopic (exact) mass is 458 g/mol. The second-order valence-electron chi connectivity index (χ2n) is 9.41. The largest absolute Gasteiger partial charge is 0.480 e. The van der Waals surface area contributed by atoms with Crippen LogP contribution >= 0.6 is 12.2 Å². The lowest BCUT2D eigenvalue weighted by Crippen LogP contribution is -2.61. The molecule has 1 aliphatic carbocycles. The molecule has 1 unspecified atom stereocenters. The summed E-state index contributed by atoms with van der Waals surface area (Å²) in [6.45, 7) is 2.05. The van der Waals surface area contributed by atoms with Gasteiger partial charge in [-0.3, -0.25) is 14.9 Å². The molecule has 2 saturated heterocycles. The van der Waals surface area contributed by atoms with E-state index in [2.05, 4.69) is 15.5 Å². The summed E-state index contributed by atoms with van der Waals surface area (Å²) in [6, 6.07) is 9.46. The summed E-state index contributed by atoms with van der Waals surface area (Å²) in [5.41, 5.74) is 0.445. The Hall–Kier alpha value is -2.19. The molecular formula is C24H34N4O3S. The number of benzene rings is 1. The zero-order chi connectivity index (χ0) is 22.6. The third-order valence-electron chi connectivity index (χ3n) is 7.24. The van der Waals surface area contributed by atoms with Gasteiger partial charge in [-0.1, -0.05) is 49.6 Å². The molecule has 3 N–H and O–H groups in total. The number of carboxylic acids is 1. The Kier molecular flexibility index (Phi) is 7.30. The van der Waals surface area contributed by atoms with Gasteiger partial charge in [0.15, 0.2) is 5.11 Å². The third-order valence-corrected chi connectivity index (χ3v) is 7.65. The molecule has 1 amide bonds. The molecular weight excluding hydrogens is 424 g/mol. The number of carboxylic acid groups (broad SMARTS) is 1. The predicted molar refractivity (Wildman–Crippen MR) is 127 cm³/mol. The molecule has 1 aromatic carbocycles. The first-order valence-corrected chi connectivity index (χ1v) is 12.3. The Labute approximate surface area is 195 Å².